The first-order valence-electron chi connectivity index (χ1n) is 10.8. The monoisotopic (exact) mass is 514 g/mol. The summed E-state index contributed by atoms with van der Waals surface area (Å²) in [4.78, 5) is 45.3. The summed E-state index contributed by atoms with van der Waals surface area (Å²) in [5.41, 5.74) is -4.18. The molecule has 0 saturated carbocycles. The molecular formula is C25H21F3N4O3S. The van der Waals surface area contributed by atoms with Gasteiger partial charge in [0.1, 0.15) is 11.2 Å². The molecule has 1 aliphatic heterocycles. The lowest BCUT2D eigenvalue weighted by molar-refractivity contribution is -0.123. The number of anilines is 2. The van der Waals surface area contributed by atoms with Crippen molar-refractivity contribution in [3.63, 3.8) is 0 Å². The Bertz CT molecular complexity index is 1300. The zero-order valence-corrected chi connectivity index (χ0v) is 20.1. The van der Waals surface area contributed by atoms with Crippen LogP contribution in [0.3, 0.4) is 0 Å². The highest BCUT2D eigenvalue weighted by Crippen LogP contribution is 2.39. The van der Waals surface area contributed by atoms with Crippen LogP contribution >= 0.6 is 11.8 Å². The average molecular weight is 515 g/mol. The van der Waals surface area contributed by atoms with E-state index in [1.165, 1.54) is 41.4 Å². The predicted molar refractivity (Wildman–Crippen MR) is 129 cm³/mol. The molecule has 36 heavy (non-hydrogen) atoms. The van der Waals surface area contributed by atoms with Gasteiger partial charge in [-0.1, -0.05) is 18.2 Å². The Morgan fingerprint density at radius 1 is 1.03 bits per heavy atom. The molecule has 3 aromatic rings. The number of rotatable bonds is 6. The van der Waals surface area contributed by atoms with Crippen LogP contribution in [0.15, 0.2) is 77.8 Å². The molecule has 0 bridgehead atoms. The number of hydrogen-bond acceptors (Lipinski definition) is 5. The number of thioether (sulfide) groups is 1. The summed E-state index contributed by atoms with van der Waals surface area (Å²) in [6.45, 7) is 3.20. The van der Waals surface area contributed by atoms with Crippen LogP contribution < -0.4 is 10.2 Å². The number of halogens is 3. The van der Waals surface area contributed by atoms with Crippen LogP contribution in [0.1, 0.15) is 29.9 Å². The number of urea groups is 1. The molecule has 11 heteroatoms. The van der Waals surface area contributed by atoms with Crippen molar-refractivity contribution in [2.24, 2.45) is 0 Å². The summed E-state index contributed by atoms with van der Waals surface area (Å²) >= 11 is -0.278. The van der Waals surface area contributed by atoms with Gasteiger partial charge in [-0.2, -0.15) is 13.2 Å². The number of imide groups is 1. The number of amides is 4. The number of carbonyl (C=O) groups excluding carboxylic acids is 3. The van der Waals surface area contributed by atoms with Gasteiger partial charge in [0.25, 0.3) is 11.8 Å². The molecule has 1 fully saturated rings. The number of nitrogens with zero attached hydrogens (tertiary/aromatic N) is 3. The second-order valence-corrected chi connectivity index (χ2v) is 9.62. The van der Waals surface area contributed by atoms with Crippen molar-refractivity contribution >= 4 is 41.0 Å². The SMILES string of the molecule is CC1(C)C(=O)N(c2ccc(SC(F)(F)F)cc2)C(=O)N1Cc1ccnc(C(=O)Nc2ccccc2)c1. The number of hydrogen-bond donors (Lipinski definition) is 1. The third-order valence-electron chi connectivity index (χ3n) is 5.58. The van der Waals surface area contributed by atoms with E-state index >= 15 is 0 Å². The van der Waals surface area contributed by atoms with E-state index in [1.807, 2.05) is 6.07 Å². The van der Waals surface area contributed by atoms with E-state index in [0.29, 0.717) is 11.3 Å². The third-order valence-corrected chi connectivity index (χ3v) is 6.32. The van der Waals surface area contributed by atoms with Crippen molar-refractivity contribution in [3.8, 4) is 0 Å². The topological polar surface area (TPSA) is 82.6 Å². The molecular weight excluding hydrogens is 493 g/mol. The van der Waals surface area contributed by atoms with Crippen molar-refractivity contribution in [2.45, 2.75) is 36.3 Å². The van der Waals surface area contributed by atoms with Gasteiger partial charge in [-0.15, -0.1) is 0 Å². The van der Waals surface area contributed by atoms with Gasteiger partial charge in [-0.3, -0.25) is 14.6 Å². The van der Waals surface area contributed by atoms with Crippen LogP contribution in [0.2, 0.25) is 0 Å². The second kappa shape index (κ2) is 9.65. The van der Waals surface area contributed by atoms with E-state index in [1.54, 1.807) is 44.2 Å². The smallest absolute Gasteiger partial charge is 0.321 e. The first-order valence-corrected chi connectivity index (χ1v) is 11.6. The minimum atomic E-state index is -4.44. The molecule has 0 unspecified atom stereocenters. The first kappa shape index (κ1) is 25.2. The van der Waals surface area contributed by atoms with Gasteiger partial charge in [0.2, 0.25) is 0 Å². The van der Waals surface area contributed by atoms with Gasteiger partial charge in [0, 0.05) is 23.3 Å². The van der Waals surface area contributed by atoms with E-state index < -0.39 is 28.9 Å². The number of nitrogens with one attached hydrogen (secondary N) is 1. The highest BCUT2D eigenvalue weighted by Gasteiger charge is 2.51. The van der Waals surface area contributed by atoms with E-state index in [2.05, 4.69) is 10.3 Å². The summed E-state index contributed by atoms with van der Waals surface area (Å²) in [5.74, 6) is -0.940. The molecule has 0 radical (unpaired) electrons. The molecule has 0 atom stereocenters. The predicted octanol–water partition coefficient (Wildman–Crippen LogP) is 5.69. The molecule has 4 rings (SSSR count). The van der Waals surface area contributed by atoms with E-state index in [9.17, 15) is 27.6 Å². The van der Waals surface area contributed by atoms with Crippen molar-refractivity contribution < 1.29 is 27.6 Å². The summed E-state index contributed by atoms with van der Waals surface area (Å²) in [5, 5.41) is 2.74. The maximum absolute atomic E-state index is 13.3. The maximum atomic E-state index is 13.3. The van der Waals surface area contributed by atoms with Crippen LogP contribution in [-0.2, 0) is 11.3 Å². The number of pyridine rings is 1. The molecule has 7 nitrogen and oxygen atoms in total. The Balaban J connectivity index is 1.53. The summed E-state index contributed by atoms with van der Waals surface area (Å²) in [6.07, 6.45) is 1.44. The Morgan fingerprint density at radius 3 is 2.33 bits per heavy atom. The summed E-state index contributed by atoms with van der Waals surface area (Å²) in [6, 6.07) is 16.5. The van der Waals surface area contributed by atoms with E-state index in [-0.39, 0.29) is 34.6 Å². The largest absolute Gasteiger partial charge is 0.446 e. The van der Waals surface area contributed by atoms with Gasteiger partial charge >= 0.3 is 11.5 Å². The molecule has 1 N–H and O–H groups in total. The number of aromatic nitrogens is 1. The molecule has 0 aliphatic carbocycles. The fraction of sp³-hybridized carbons (Fsp3) is 0.200. The molecule has 1 aromatic heterocycles. The van der Waals surface area contributed by atoms with Crippen molar-refractivity contribution in [1.29, 1.82) is 0 Å². The van der Waals surface area contributed by atoms with Crippen LogP contribution in [0.25, 0.3) is 0 Å². The molecule has 1 saturated heterocycles. The maximum Gasteiger partial charge on any atom is 0.446 e. The van der Waals surface area contributed by atoms with Crippen molar-refractivity contribution in [3.05, 3.63) is 84.2 Å². The third kappa shape index (κ3) is 5.35. The average Bonchev–Trinajstić information content (AvgIpc) is 2.99. The Morgan fingerprint density at radius 2 is 1.69 bits per heavy atom. The quantitative estimate of drug-likeness (QED) is 0.337. The van der Waals surface area contributed by atoms with Crippen molar-refractivity contribution in [2.75, 3.05) is 10.2 Å². The highest BCUT2D eigenvalue weighted by molar-refractivity contribution is 8.00. The molecule has 1 aliphatic rings. The number of alkyl halides is 3. The molecule has 2 heterocycles. The molecule has 4 amide bonds. The van der Waals surface area contributed by atoms with Crippen LogP contribution in [0.4, 0.5) is 29.3 Å². The minimum absolute atomic E-state index is 0.0181. The molecule has 0 spiro atoms. The van der Waals surface area contributed by atoms with Crippen molar-refractivity contribution in [1.82, 2.24) is 9.88 Å². The normalized spacial score (nSPS) is 15.4. The Hall–Kier alpha value is -3.86. The lowest BCUT2D eigenvalue weighted by atomic mass is 10.0. The first-order chi connectivity index (χ1) is 17.0. The molecule has 186 valence electrons. The highest BCUT2D eigenvalue weighted by atomic mass is 32.2. The van der Waals surface area contributed by atoms with Gasteiger partial charge in [-0.05, 0) is 79.7 Å². The summed E-state index contributed by atoms with van der Waals surface area (Å²) < 4.78 is 37.9. The lowest BCUT2D eigenvalue weighted by Crippen LogP contribution is -2.43. The van der Waals surface area contributed by atoms with Crippen LogP contribution in [0, 0.1) is 0 Å². The van der Waals surface area contributed by atoms with Gasteiger partial charge in [0.15, 0.2) is 0 Å². The fourth-order valence-electron chi connectivity index (χ4n) is 3.72. The van der Waals surface area contributed by atoms with Gasteiger partial charge in [-0.25, -0.2) is 9.69 Å². The summed E-state index contributed by atoms with van der Waals surface area (Å²) in [7, 11) is 0. The van der Waals surface area contributed by atoms with E-state index in [0.717, 1.165) is 4.90 Å². The zero-order valence-electron chi connectivity index (χ0n) is 19.2. The van der Waals surface area contributed by atoms with Crippen LogP contribution in [0.5, 0.6) is 0 Å². The Labute approximate surface area is 209 Å². The number of carbonyl (C=O) groups is 3. The Kier molecular flexibility index (Phi) is 6.77. The fourth-order valence-corrected chi connectivity index (χ4v) is 4.26. The van der Waals surface area contributed by atoms with Gasteiger partial charge in [0.05, 0.1) is 5.69 Å². The van der Waals surface area contributed by atoms with Gasteiger partial charge < -0.3 is 10.2 Å². The number of benzene rings is 2. The lowest BCUT2D eigenvalue weighted by Gasteiger charge is -2.27. The number of para-hydroxylation sites is 1. The van der Waals surface area contributed by atoms with Crippen LogP contribution in [-0.4, -0.2) is 38.8 Å². The van der Waals surface area contributed by atoms with E-state index in [4.69, 9.17) is 0 Å². The molecule has 2 aromatic carbocycles. The standard InChI is InChI=1S/C25H21F3N4O3S/c1-24(2)22(34)32(18-8-10-19(11-9-18)36-25(26,27)28)23(35)31(24)15-16-12-13-29-20(14-16)21(33)30-17-6-4-3-5-7-17/h3-14H,15H2,1-2H3,(H,30,33). The minimum Gasteiger partial charge on any atom is -0.321 e. The zero-order chi connectivity index (χ0) is 26.1. The second-order valence-electron chi connectivity index (χ2n) is 8.48.